The van der Waals surface area contributed by atoms with Gasteiger partial charge in [0.05, 0.1) is 13.1 Å². The molecule has 20 heavy (non-hydrogen) atoms. The highest BCUT2D eigenvalue weighted by molar-refractivity contribution is 5.74. The zero-order valence-corrected chi connectivity index (χ0v) is 14.1. The van der Waals surface area contributed by atoms with Gasteiger partial charge in [0.25, 0.3) is 0 Å². The standard InChI is InChI=1S/C17H35NO2/c1-5-8-11-12-13-17(4,16(19)20)18(14-9-6-2)15-10-7-3/h5-15H2,1-4H3,(H,19,20). The Kier molecular flexibility index (Phi) is 10.8. The molecule has 0 heterocycles. The maximum Gasteiger partial charge on any atom is 0.135 e. The summed E-state index contributed by atoms with van der Waals surface area (Å²) in [6.07, 6.45) is 9.69. The predicted molar refractivity (Wildman–Crippen MR) is 82.7 cm³/mol. The number of carbonyl (C=O) groups excluding carboxylic acids is 1. The van der Waals surface area contributed by atoms with Gasteiger partial charge >= 0.3 is 0 Å². The van der Waals surface area contributed by atoms with Gasteiger partial charge in [-0.2, -0.15) is 0 Å². The highest BCUT2D eigenvalue weighted by atomic mass is 16.4. The fourth-order valence-electron chi connectivity index (χ4n) is 2.79. The molecule has 0 spiro atoms. The number of carbonyl (C=O) groups is 1. The van der Waals surface area contributed by atoms with E-state index in [4.69, 9.17) is 0 Å². The van der Waals surface area contributed by atoms with Crippen molar-refractivity contribution in [3.8, 4) is 0 Å². The van der Waals surface area contributed by atoms with Gasteiger partial charge in [-0.25, -0.2) is 0 Å². The number of quaternary nitrogens is 1. The van der Waals surface area contributed by atoms with E-state index in [1.165, 1.54) is 17.7 Å². The SMILES string of the molecule is CCCCCCC(C)(C(=O)[O-])[NH+](CCCC)CCCC. The van der Waals surface area contributed by atoms with E-state index < -0.39 is 11.5 Å². The Labute approximate surface area is 125 Å². The van der Waals surface area contributed by atoms with Crippen molar-refractivity contribution in [2.45, 2.75) is 91.0 Å². The lowest BCUT2D eigenvalue weighted by Gasteiger charge is -2.39. The molecule has 120 valence electrons. The minimum Gasteiger partial charge on any atom is -0.544 e. The second-order valence-corrected chi connectivity index (χ2v) is 6.24. The van der Waals surface area contributed by atoms with E-state index in [1.807, 2.05) is 6.92 Å². The summed E-state index contributed by atoms with van der Waals surface area (Å²) in [5, 5.41) is 11.7. The first-order valence-corrected chi connectivity index (χ1v) is 8.59. The van der Waals surface area contributed by atoms with Crippen molar-refractivity contribution >= 4 is 5.97 Å². The Balaban J connectivity index is 4.68. The normalized spacial score (nSPS) is 14.4. The maximum atomic E-state index is 11.7. The summed E-state index contributed by atoms with van der Waals surface area (Å²) in [7, 11) is 0. The van der Waals surface area contributed by atoms with Crippen LogP contribution in [0.3, 0.4) is 0 Å². The van der Waals surface area contributed by atoms with E-state index in [9.17, 15) is 9.90 Å². The molecule has 0 amide bonds. The van der Waals surface area contributed by atoms with Crippen molar-refractivity contribution in [3.05, 3.63) is 0 Å². The van der Waals surface area contributed by atoms with Crippen molar-refractivity contribution in [1.82, 2.24) is 0 Å². The van der Waals surface area contributed by atoms with Gasteiger partial charge in [0.15, 0.2) is 0 Å². The molecule has 0 saturated heterocycles. The summed E-state index contributed by atoms with van der Waals surface area (Å²) in [6, 6.07) is 0. The van der Waals surface area contributed by atoms with Crippen LogP contribution in [0.25, 0.3) is 0 Å². The number of carboxylic acid groups (broad SMARTS) is 1. The smallest absolute Gasteiger partial charge is 0.135 e. The number of aliphatic carboxylic acids is 1. The number of hydrogen-bond acceptors (Lipinski definition) is 2. The highest BCUT2D eigenvalue weighted by Gasteiger charge is 2.36. The Hall–Kier alpha value is -0.570. The third kappa shape index (κ3) is 6.74. The number of rotatable bonds is 13. The lowest BCUT2D eigenvalue weighted by molar-refractivity contribution is -0.944. The third-order valence-corrected chi connectivity index (χ3v) is 4.43. The molecular weight excluding hydrogens is 250 g/mol. The minimum atomic E-state index is -0.865. The summed E-state index contributed by atoms with van der Waals surface area (Å²) >= 11 is 0. The molecular formula is C17H35NO2. The molecule has 0 aliphatic heterocycles. The molecule has 1 atom stereocenters. The average molecular weight is 285 g/mol. The molecule has 3 heteroatoms. The molecule has 0 bridgehead atoms. The summed E-state index contributed by atoms with van der Waals surface area (Å²) in [6.45, 7) is 10.3. The molecule has 0 aliphatic carbocycles. The van der Waals surface area contributed by atoms with Crippen molar-refractivity contribution in [1.29, 1.82) is 0 Å². The topological polar surface area (TPSA) is 44.6 Å². The van der Waals surface area contributed by atoms with Crippen LogP contribution in [0.4, 0.5) is 0 Å². The van der Waals surface area contributed by atoms with Crippen LogP contribution in [0.5, 0.6) is 0 Å². The van der Waals surface area contributed by atoms with Crippen molar-refractivity contribution in [3.63, 3.8) is 0 Å². The van der Waals surface area contributed by atoms with E-state index >= 15 is 0 Å². The second kappa shape index (κ2) is 11.1. The Morgan fingerprint density at radius 3 is 1.80 bits per heavy atom. The van der Waals surface area contributed by atoms with Crippen LogP contribution in [0.1, 0.15) is 85.5 Å². The van der Waals surface area contributed by atoms with Gasteiger partial charge in [-0.15, -0.1) is 0 Å². The zero-order valence-electron chi connectivity index (χ0n) is 14.1. The van der Waals surface area contributed by atoms with Crippen LogP contribution in [-0.2, 0) is 4.79 Å². The van der Waals surface area contributed by atoms with Crippen LogP contribution in [0, 0.1) is 0 Å². The molecule has 0 fully saturated rings. The van der Waals surface area contributed by atoms with Crippen LogP contribution in [0.2, 0.25) is 0 Å². The van der Waals surface area contributed by atoms with Gasteiger partial charge in [-0.3, -0.25) is 0 Å². The first-order valence-electron chi connectivity index (χ1n) is 8.59. The Morgan fingerprint density at radius 2 is 1.40 bits per heavy atom. The van der Waals surface area contributed by atoms with E-state index in [0.717, 1.165) is 58.0 Å². The van der Waals surface area contributed by atoms with E-state index in [-0.39, 0.29) is 0 Å². The molecule has 1 N–H and O–H groups in total. The first-order chi connectivity index (χ1) is 9.52. The number of nitrogens with one attached hydrogen (secondary N) is 1. The molecule has 3 nitrogen and oxygen atoms in total. The average Bonchev–Trinajstić information content (AvgIpc) is 2.43. The van der Waals surface area contributed by atoms with Gasteiger partial charge in [0.1, 0.15) is 11.5 Å². The molecule has 0 rings (SSSR count). The van der Waals surface area contributed by atoms with Gasteiger partial charge in [-0.1, -0.05) is 52.9 Å². The summed E-state index contributed by atoms with van der Waals surface area (Å²) in [5.41, 5.74) is -0.710. The van der Waals surface area contributed by atoms with Crippen LogP contribution in [-0.4, -0.2) is 24.6 Å². The Bertz CT molecular complexity index is 247. The third-order valence-electron chi connectivity index (χ3n) is 4.43. The number of carboxylic acids is 1. The predicted octanol–water partition coefficient (Wildman–Crippen LogP) is 1.95. The molecule has 0 aromatic carbocycles. The first kappa shape index (κ1) is 19.4. The van der Waals surface area contributed by atoms with Crippen LogP contribution < -0.4 is 10.0 Å². The lowest BCUT2D eigenvalue weighted by atomic mass is 9.91. The minimum absolute atomic E-state index is 0.710. The molecule has 1 unspecified atom stereocenters. The number of unbranched alkanes of at least 4 members (excludes halogenated alkanes) is 5. The fraction of sp³-hybridized carbons (Fsp3) is 0.941. The molecule has 0 radical (unpaired) electrons. The van der Waals surface area contributed by atoms with Gasteiger partial charge in [-0.05, 0) is 26.2 Å². The van der Waals surface area contributed by atoms with Gasteiger partial charge in [0.2, 0.25) is 0 Å². The molecule has 0 aromatic rings. The Morgan fingerprint density at radius 1 is 0.900 bits per heavy atom. The van der Waals surface area contributed by atoms with Gasteiger partial charge < -0.3 is 14.8 Å². The van der Waals surface area contributed by atoms with Crippen LogP contribution >= 0.6 is 0 Å². The summed E-state index contributed by atoms with van der Waals surface area (Å²) < 4.78 is 0. The molecule has 0 saturated carbocycles. The summed E-state index contributed by atoms with van der Waals surface area (Å²) in [4.78, 5) is 12.9. The second-order valence-electron chi connectivity index (χ2n) is 6.24. The largest absolute Gasteiger partial charge is 0.544 e. The highest BCUT2D eigenvalue weighted by Crippen LogP contribution is 2.12. The van der Waals surface area contributed by atoms with Crippen LogP contribution in [0.15, 0.2) is 0 Å². The monoisotopic (exact) mass is 285 g/mol. The van der Waals surface area contributed by atoms with E-state index in [2.05, 4.69) is 20.8 Å². The van der Waals surface area contributed by atoms with Crippen molar-refractivity contribution < 1.29 is 14.8 Å². The van der Waals surface area contributed by atoms with Gasteiger partial charge in [0, 0.05) is 6.42 Å². The van der Waals surface area contributed by atoms with E-state index in [0.29, 0.717) is 0 Å². The maximum absolute atomic E-state index is 11.7. The molecule has 0 aromatic heterocycles. The lowest BCUT2D eigenvalue weighted by Crippen LogP contribution is -3.21. The summed E-state index contributed by atoms with van der Waals surface area (Å²) in [5.74, 6) is -0.865. The van der Waals surface area contributed by atoms with E-state index in [1.54, 1.807) is 0 Å². The molecule has 0 aliphatic rings. The number of hydrogen-bond donors (Lipinski definition) is 1. The fourth-order valence-corrected chi connectivity index (χ4v) is 2.79. The quantitative estimate of drug-likeness (QED) is 0.526. The zero-order chi connectivity index (χ0) is 15.4. The van der Waals surface area contributed by atoms with Crippen molar-refractivity contribution in [2.75, 3.05) is 13.1 Å². The van der Waals surface area contributed by atoms with Crippen molar-refractivity contribution in [2.24, 2.45) is 0 Å².